The van der Waals surface area contributed by atoms with Crippen molar-refractivity contribution < 1.29 is 0 Å². The molecule has 5 aromatic carbocycles. The summed E-state index contributed by atoms with van der Waals surface area (Å²) in [6.07, 6.45) is 8.42. The van der Waals surface area contributed by atoms with Crippen LogP contribution in [-0.4, -0.2) is 15.0 Å². The zero-order valence-corrected chi connectivity index (χ0v) is 26.9. The van der Waals surface area contributed by atoms with Gasteiger partial charge in [0, 0.05) is 16.7 Å². The molecule has 232 valence electrons. The molecular weight excluding hydrogens is 585 g/mol. The summed E-state index contributed by atoms with van der Waals surface area (Å²) in [6.45, 7) is 0. The van der Waals surface area contributed by atoms with Crippen molar-refractivity contribution in [1.82, 2.24) is 15.0 Å². The molecule has 0 N–H and O–H groups in total. The molecule has 10 rings (SSSR count). The Morgan fingerprint density at radius 2 is 0.938 bits per heavy atom. The average molecular weight is 621 g/mol. The van der Waals surface area contributed by atoms with Crippen molar-refractivity contribution >= 4 is 0 Å². The van der Waals surface area contributed by atoms with E-state index in [0.717, 1.165) is 56.7 Å². The summed E-state index contributed by atoms with van der Waals surface area (Å²) in [4.78, 5) is 15.2. The van der Waals surface area contributed by atoms with E-state index in [0.29, 0.717) is 28.5 Å². The van der Waals surface area contributed by atoms with Crippen LogP contribution in [0.5, 0.6) is 0 Å². The molecule has 6 aromatic rings. The highest BCUT2D eigenvalue weighted by atomic mass is 15.0. The lowest BCUT2D eigenvalue weighted by molar-refractivity contribution is -0.00518. The number of hydrogen-bond donors (Lipinski definition) is 0. The summed E-state index contributed by atoms with van der Waals surface area (Å²) in [5.41, 5.74) is 9.76. The molecule has 0 spiro atoms. The highest BCUT2D eigenvalue weighted by Crippen LogP contribution is 2.60. The smallest absolute Gasteiger partial charge is 0.164 e. The fraction of sp³-hybridized carbons (Fsp3) is 0.227. The van der Waals surface area contributed by atoms with Gasteiger partial charge in [-0.15, -0.1) is 0 Å². The highest BCUT2D eigenvalue weighted by Gasteiger charge is 2.51. The van der Waals surface area contributed by atoms with Crippen LogP contribution in [0.15, 0.2) is 127 Å². The molecule has 0 atom stereocenters. The van der Waals surface area contributed by atoms with Crippen molar-refractivity contribution in [3.63, 3.8) is 0 Å². The van der Waals surface area contributed by atoms with E-state index in [1.165, 1.54) is 44.1 Å². The van der Waals surface area contributed by atoms with E-state index in [9.17, 15) is 5.26 Å². The maximum Gasteiger partial charge on any atom is 0.164 e. The van der Waals surface area contributed by atoms with Gasteiger partial charge in [-0.3, -0.25) is 0 Å². The predicted molar refractivity (Wildman–Crippen MR) is 192 cm³/mol. The molecular formula is C44H36N4. The van der Waals surface area contributed by atoms with Gasteiger partial charge < -0.3 is 0 Å². The highest BCUT2D eigenvalue weighted by molar-refractivity contribution is 5.86. The van der Waals surface area contributed by atoms with Gasteiger partial charge in [0.25, 0.3) is 0 Å². The molecule has 4 aliphatic rings. The van der Waals surface area contributed by atoms with Gasteiger partial charge in [0.2, 0.25) is 0 Å². The van der Waals surface area contributed by atoms with Gasteiger partial charge in [-0.1, -0.05) is 109 Å². The largest absolute Gasteiger partial charge is 0.208 e. The first-order valence-electron chi connectivity index (χ1n) is 17.3. The van der Waals surface area contributed by atoms with Crippen molar-refractivity contribution in [2.75, 3.05) is 0 Å². The molecule has 4 fully saturated rings. The normalized spacial score (nSPS) is 22.4. The van der Waals surface area contributed by atoms with Crippen LogP contribution in [0, 0.1) is 29.1 Å². The Labute approximate surface area is 282 Å². The van der Waals surface area contributed by atoms with Crippen molar-refractivity contribution in [2.45, 2.75) is 43.9 Å². The number of benzene rings is 5. The second kappa shape index (κ2) is 11.7. The molecule has 0 unspecified atom stereocenters. The Morgan fingerprint density at radius 1 is 0.479 bits per heavy atom. The standard InChI is InChI=1S/C44H36N4/c45-28-29-11-13-34(14-12-29)39-20-17-37(24-40(39)33-7-3-1-4-8-33)43-47-41(35-9-5-2-6-10-35)46-42(48-43)36-15-18-38(19-16-36)44-25-30-21-31(26-44)23-32(22-30)27-44/h1-20,24,30-32H,21-23,25-27H2. The molecule has 48 heavy (non-hydrogen) atoms. The fourth-order valence-corrected chi connectivity index (χ4v) is 9.30. The zero-order chi connectivity index (χ0) is 32.1. The third-order valence-electron chi connectivity index (χ3n) is 11.1. The zero-order valence-electron chi connectivity index (χ0n) is 26.9. The molecule has 0 radical (unpaired) electrons. The molecule has 0 aliphatic heterocycles. The Kier molecular flexibility index (Phi) is 7.01. The SMILES string of the molecule is N#Cc1ccc(-c2ccc(-c3nc(-c4ccccc4)nc(-c4ccc(C56CC7CC(CC(C7)C5)C6)cc4)n3)cc2-c2ccccc2)cc1. The van der Waals surface area contributed by atoms with Gasteiger partial charge in [0.15, 0.2) is 17.5 Å². The quantitative estimate of drug-likeness (QED) is 0.186. The fourth-order valence-electron chi connectivity index (χ4n) is 9.30. The van der Waals surface area contributed by atoms with E-state index in [1.807, 2.05) is 48.5 Å². The second-order valence-electron chi connectivity index (χ2n) is 14.3. The summed E-state index contributed by atoms with van der Waals surface area (Å²) >= 11 is 0. The van der Waals surface area contributed by atoms with Crippen LogP contribution < -0.4 is 0 Å². The van der Waals surface area contributed by atoms with E-state index in [-0.39, 0.29) is 0 Å². The summed E-state index contributed by atoms with van der Waals surface area (Å²) in [7, 11) is 0. The first-order valence-corrected chi connectivity index (χ1v) is 17.3. The Morgan fingerprint density at radius 3 is 1.50 bits per heavy atom. The molecule has 1 heterocycles. The number of nitriles is 1. The van der Waals surface area contributed by atoms with Crippen LogP contribution in [-0.2, 0) is 5.41 Å². The molecule has 4 nitrogen and oxygen atoms in total. The molecule has 0 saturated heterocycles. The second-order valence-corrected chi connectivity index (χ2v) is 14.3. The van der Waals surface area contributed by atoms with Crippen LogP contribution in [0.3, 0.4) is 0 Å². The number of hydrogen-bond acceptors (Lipinski definition) is 4. The van der Waals surface area contributed by atoms with Crippen LogP contribution in [0.4, 0.5) is 0 Å². The van der Waals surface area contributed by atoms with E-state index in [1.54, 1.807) is 0 Å². The van der Waals surface area contributed by atoms with E-state index in [2.05, 4.69) is 84.9 Å². The maximum atomic E-state index is 9.35. The third-order valence-corrected chi connectivity index (χ3v) is 11.1. The summed E-state index contributed by atoms with van der Waals surface area (Å²) in [5.74, 6) is 4.75. The first kappa shape index (κ1) is 28.8. The predicted octanol–water partition coefficient (Wildman–Crippen LogP) is 10.5. The summed E-state index contributed by atoms with van der Waals surface area (Å²) < 4.78 is 0. The van der Waals surface area contributed by atoms with E-state index in [4.69, 9.17) is 15.0 Å². The lowest BCUT2D eigenvalue weighted by Gasteiger charge is -2.57. The van der Waals surface area contributed by atoms with Gasteiger partial charge in [-0.2, -0.15) is 5.26 Å². The molecule has 1 aromatic heterocycles. The summed E-state index contributed by atoms with van der Waals surface area (Å²) in [6, 6.07) is 46.3. The lowest BCUT2D eigenvalue weighted by Crippen LogP contribution is -2.48. The minimum atomic E-state index is 0.358. The Balaban J connectivity index is 1.14. The molecule has 4 bridgehead atoms. The van der Waals surface area contributed by atoms with Crippen molar-refractivity contribution in [3.8, 4) is 62.5 Å². The van der Waals surface area contributed by atoms with Crippen molar-refractivity contribution in [1.29, 1.82) is 5.26 Å². The molecule has 4 heteroatoms. The van der Waals surface area contributed by atoms with Gasteiger partial charge in [-0.05, 0) is 108 Å². The monoisotopic (exact) mass is 620 g/mol. The van der Waals surface area contributed by atoms with Crippen LogP contribution in [0.1, 0.15) is 49.7 Å². The van der Waals surface area contributed by atoms with Gasteiger partial charge in [-0.25, -0.2) is 15.0 Å². The van der Waals surface area contributed by atoms with E-state index < -0.39 is 0 Å². The first-order chi connectivity index (χ1) is 23.6. The van der Waals surface area contributed by atoms with Crippen molar-refractivity contribution in [3.05, 3.63) is 139 Å². The average Bonchev–Trinajstić information content (AvgIpc) is 3.15. The third kappa shape index (κ3) is 5.20. The molecule has 4 saturated carbocycles. The van der Waals surface area contributed by atoms with Gasteiger partial charge >= 0.3 is 0 Å². The molecule has 4 aliphatic carbocycles. The van der Waals surface area contributed by atoms with Crippen molar-refractivity contribution in [2.24, 2.45) is 17.8 Å². The lowest BCUT2D eigenvalue weighted by atomic mass is 9.48. The minimum Gasteiger partial charge on any atom is -0.208 e. The summed E-state index contributed by atoms with van der Waals surface area (Å²) in [5, 5.41) is 9.35. The number of rotatable bonds is 6. The van der Waals surface area contributed by atoms with Gasteiger partial charge in [0.1, 0.15) is 0 Å². The van der Waals surface area contributed by atoms with Gasteiger partial charge in [0.05, 0.1) is 11.6 Å². The maximum absolute atomic E-state index is 9.35. The van der Waals surface area contributed by atoms with Crippen LogP contribution in [0.2, 0.25) is 0 Å². The van der Waals surface area contributed by atoms with Crippen LogP contribution >= 0.6 is 0 Å². The minimum absolute atomic E-state index is 0.358. The van der Waals surface area contributed by atoms with E-state index >= 15 is 0 Å². The molecule has 0 amide bonds. The topological polar surface area (TPSA) is 62.5 Å². The Hall–Kier alpha value is -5.40. The number of aromatic nitrogens is 3. The van der Waals surface area contributed by atoms with Crippen LogP contribution in [0.25, 0.3) is 56.4 Å². The number of nitrogens with zero attached hydrogens (tertiary/aromatic N) is 4. The Bertz CT molecular complexity index is 2110.